The molecule has 6 rings (SSSR count). The number of nitrogens with zero attached hydrogens (tertiary/aromatic N) is 1. The summed E-state index contributed by atoms with van der Waals surface area (Å²) >= 11 is 1.39. The first kappa shape index (κ1) is 28.9. The zero-order valence-electron chi connectivity index (χ0n) is 23.7. The van der Waals surface area contributed by atoms with E-state index in [4.69, 9.17) is 9.47 Å². The topological polar surface area (TPSA) is 139 Å². The molecule has 8 atom stereocenters. The molecule has 0 N–H and O–H groups in total. The number of fused-ring (bicyclic) bond motifs is 6. The minimum absolute atomic E-state index is 0.0732. The number of esters is 2. The van der Waals surface area contributed by atoms with Crippen LogP contribution in [0.15, 0.2) is 35.9 Å². The minimum atomic E-state index is -1.07. The van der Waals surface area contributed by atoms with E-state index in [2.05, 4.69) is 11.8 Å². The molecule has 1 aromatic carbocycles. The second-order valence-electron chi connectivity index (χ2n) is 12.8. The number of benzene rings is 1. The van der Waals surface area contributed by atoms with Crippen molar-refractivity contribution in [3.63, 3.8) is 0 Å². The van der Waals surface area contributed by atoms with Crippen molar-refractivity contribution in [3.8, 4) is 5.75 Å². The van der Waals surface area contributed by atoms with Crippen LogP contribution in [-0.4, -0.2) is 38.8 Å². The quantitative estimate of drug-likeness (QED) is 0.145. The molecule has 0 amide bonds. The number of hydrogen-bond donors (Lipinski definition) is 0. The van der Waals surface area contributed by atoms with Gasteiger partial charge in [0, 0.05) is 30.4 Å². The summed E-state index contributed by atoms with van der Waals surface area (Å²) in [5.41, 5.74) is 0.525. The maximum absolute atomic E-state index is 13.3. The van der Waals surface area contributed by atoms with Crippen LogP contribution in [0, 0.1) is 45.1 Å². The van der Waals surface area contributed by atoms with Gasteiger partial charge in [-0.05, 0) is 86.0 Å². The monoisotopic (exact) mass is 597 g/mol. The summed E-state index contributed by atoms with van der Waals surface area (Å²) in [6, 6.07) is 6.24. The molecule has 0 radical (unpaired) electrons. The lowest BCUT2D eigenvalue weighted by Gasteiger charge is -2.57. The Morgan fingerprint density at radius 2 is 2.00 bits per heavy atom. The first-order valence-electron chi connectivity index (χ1n) is 14.7. The molecule has 4 fully saturated rings. The average molecular weight is 598 g/mol. The van der Waals surface area contributed by atoms with Gasteiger partial charge in [-0.25, -0.2) is 0 Å². The van der Waals surface area contributed by atoms with Gasteiger partial charge in [-0.2, -0.15) is 0 Å². The Labute approximate surface area is 248 Å². The molecule has 10 nitrogen and oxygen atoms in total. The molecule has 1 aromatic rings. The van der Waals surface area contributed by atoms with E-state index in [9.17, 15) is 29.3 Å². The van der Waals surface area contributed by atoms with Crippen LogP contribution in [0.25, 0.3) is 0 Å². The summed E-state index contributed by atoms with van der Waals surface area (Å²) in [6.45, 7) is 3.52. The van der Waals surface area contributed by atoms with Crippen molar-refractivity contribution in [2.75, 3.05) is 0 Å². The van der Waals surface area contributed by atoms with Crippen molar-refractivity contribution in [3.05, 3.63) is 51.6 Å². The number of carbonyl (C=O) groups is 4. The van der Waals surface area contributed by atoms with Gasteiger partial charge in [-0.15, -0.1) is 10.1 Å². The highest BCUT2D eigenvalue weighted by atomic mass is 32.2. The maximum atomic E-state index is 13.3. The number of rotatable bonds is 6. The first-order chi connectivity index (χ1) is 20.0. The number of allylic oxidation sites excluding steroid dienone is 1. The normalized spacial score (nSPS) is 36.8. The van der Waals surface area contributed by atoms with Gasteiger partial charge in [0.05, 0.1) is 0 Å². The summed E-state index contributed by atoms with van der Waals surface area (Å²) in [7, 11) is 0. The van der Waals surface area contributed by atoms with Gasteiger partial charge < -0.3 is 14.3 Å². The molecule has 0 bridgehead atoms. The molecule has 0 aromatic heterocycles. The molecule has 5 aliphatic rings. The van der Waals surface area contributed by atoms with Crippen LogP contribution in [0.2, 0.25) is 0 Å². The van der Waals surface area contributed by atoms with Crippen LogP contribution in [-0.2, 0) is 35.4 Å². The molecule has 1 spiro atoms. The first-order valence-corrected chi connectivity index (χ1v) is 15.6. The maximum Gasteiger partial charge on any atom is 0.325 e. The Balaban J connectivity index is 1.22. The molecular weight excluding hydrogens is 562 g/mol. The Morgan fingerprint density at radius 1 is 1.19 bits per heavy atom. The number of thioether (sulfide) groups is 1. The Kier molecular flexibility index (Phi) is 7.43. The summed E-state index contributed by atoms with van der Waals surface area (Å²) < 4.78 is 11.8. The van der Waals surface area contributed by atoms with Crippen molar-refractivity contribution in [2.45, 2.75) is 82.7 Å². The van der Waals surface area contributed by atoms with Crippen molar-refractivity contribution in [2.24, 2.45) is 35.0 Å². The van der Waals surface area contributed by atoms with E-state index in [0.29, 0.717) is 30.2 Å². The van der Waals surface area contributed by atoms with Crippen LogP contribution < -0.4 is 4.74 Å². The second kappa shape index (κ2) is 10.8. The van der Waals surface area contributed by atoms with E-state index >= 15 is 0 Å². The van der Waals surface area contributed by atoms with Gasteiger partial charge in [-0.1, -0.05) is 36.4 Å². The van der Waals surface area contributed by atoms with Gasteiger partial charge in [0.15, 0.2) is 16.8 Å². The third-order valence-electron chi connectivity index (χ3n) is 10.8. The van der Waals surface area contributed by atoms with Crippen LogP contribution >= 0.6 is 11.8 Å². The fourth-order valence-electron chi connectivity index (χ4n) is 9.01. The van der Waals surface area contributed by atoms with Crippen molar-refractivity contribution < 1.29 is 38.6 Å². The van der Waals surface area contributed by atoms with Crippen molar-refractivity contribution in [1.29, 1.82) is 0 Å². The van der Waals surface area contributed by atoms with Crippen LogP contribution in [0.4, 0.5) is 0 Å². The van der Waals surface area contributed by atoms with Gasteiger partial charge >= 0.3 is 11.9 Å². The van der Waals surface area contributed by atoms with Gasteiger partial charge in [0.1, 0.15) is 18.0 Å². The van der Waals surface area contributed by atoms with E-state index < -0.39 is 28.5 Å². The molecule has 8 unspecified atom stereocenters. The Hall–Kier alpha value is -3.21. The largest absolute Gasteiger partial charge is 0.458 e. The Morgan fingerprint density at radius 3 is 2.76 bits per heavy atom. The Bertz CT molecular complexity index is 1380. The minimum Gasteiger partial charge on any atom is -0.458 e. The fraction of sp³-hybridized carbons (Fsp3) is 0.613. The lowest BCUT2D eigenvalue weighted by atomic mass is 9.50. The molecule has 1 heterocycles. The summed E-state index contributed by atoms with van der Waals surface area (Å²) in [6.07, 6.45) is 7.53. The predicted octanol–water partition coefficient (Wildman–Crippen LogP) is 5.00. The summed E-state index contributed by atoms with van der Waals surface area (Å²) in [4.78, 5) is 66.0. The lowest BCUT2D eigenvalue weighted by molar-refractivity contribution is -0.763. The van der Waals surface area contributed by atoms with E-state index in [1.54, 1.807) is 25.1 Å². The molecule has 4 aliphatic carbocycles. The van der Waals surface area contributed by atoms with Crippen LogP contribution in [0.3, 0.4) is 0 Å². The van der Waals surface area contributed by atoms with E-state index in [1.165, 1.54) is 23.4 Å². The number of ketones is 1. The third kappa shape index (κ3) is 4.93. The van der Waals surface area contributed by atoms with Crippen molar-refractivity contribution >= 4 is 34.6 Å². The smallest absolute Gasteiger partial charge is 0.325 e. The van der Waals surface area contributed by atoms with Gasteiger partial charge in [-0.3, -0.25) is 19.2 Å². The molecule has 3 saturated carbocycles. The number of ether oxygens (including phenoxy) is 2. The zero-order chi connectivity index (χ0) is 29.8. The highest BCUT2D eigenvalue weighted by Gasteiger charge is 2.69. The van der Waals surface area contributed by atoms with Gasteiger partial charge in [0.25, 0.3) is 5.09 Å². The molecule has 42 heavy (non-hydrogen) atoms. The van der Waals surface area contributed by atoms with Crippen molar-refractivity contribution in [1.82, 2.24) is 0 Å². The van der Waals surface area contributed by atoms with Crippen LogP contribution in [0.1, 0.15) is 70.8 Å². The molecule has 1 aliphatic heterocycles. The second-order valence-corrected chi connectivity index (χ2v) is 14.2. The standard InChI is InChI=1S/C31H35NO9S/c1-17(33)42-26-14-19-13-20(34)6-7-22(19)23-8-10-30(2)25(27(23)26)9-11-31(30)15-24(29(36)41-31)28(35)40-21-5-3-4-18(12-21)16-39-32(37)38/h3-5,12-13,22-27H,6-11,14-16H2,1-2H3. The van der Waals surface area contributed by atoms with E-state index in [-0.39, 0.29) is 52.2 Å². The highest BCUT2D eigenvalue weighted by molar-refractivity contribution is 8.14. The van der Waals surface area contributed by atoms with Crippen LogP contribution in [0.5, 0.6) is 5.75 Å². The van der Waals surface area contributed by atoms with E-state index in [0.717, 1.165) is 32.1 Å². The van der Waals surface area contributed by atoms with Gasteiger partial charge in [0.2, 0.25) is 0 Å². The molecule has 11 heteroatoms. The fourth-order valence-corrected chi connectivity index (χ4v) is 10.3. The number of carbonyl (C=O) groups excluding carboxylic acids is 4. The molecule has 1 saturated heterocycles. The zero-order valence-corrected chi connectivity index (χ0v) is 24.6. The summed E-state index contributed by atoms with van der Waals surface area (Å²) in [5.74, 6) is -0.750. The third-order valence-corrected chi connectivity index (χ3v) is 11.9. The number of hydrogen-bond acceptors (Lipinski definition) is 10. The van der Waals surface area contributed by atoms with E-state index in [1.807, 2.05) is 6.08 Å². The SMILES string of the molecule is CC(=O)SC1CC2=CC(=O)CCC2C2CCC3(C)C(CCC34CC(C(=O)Oc3cccc(CO[N+](=O)[O-])c3)C(=O)O4)C12. The average Bonchev–Trinajstić information content (AvgIpc) is 3.43. The molecular formula is C31H35NO9S. The molecule has 224 valence electrons. The lowest BCUT2D eigenvalue weighted by Crippen LogP contribution is -2.55. The summed E-state index contributed by atoms with van der Waals surface area (Å²) in [5, 5.41) is 9.78. The highest BCUT2D eigenvalue weighted by Crippen LogP contribution is 2.69. The predicted molar refractivity (Wildman–Crippen MR) is 150 cm³/mol.